The van der Waals surface area contributed by atoms with Gasteiger partial charge in [-0.2, -0.15) is 0 Å². The first-order chi connectivity index (χ1) is 8.16. The van der Waals surface area contributed by atoms with Gasteiger partial charge >= 0.3 is 0 Å². The van der Waals surface area contributed by atoms with Crippen LogP contribution in [0.2, 0.25) is 0 Å². The number of hydrogen-bond donors (Lipinski definition) is 2. The maximum atomic E-state index is 12.3. The maximum Gasteiger partial charge on any atom is 0.227 e. The fraction of sp³-hybridized carbons (Fsp3) is 0.923. The summed E-state index contributed by atoms with van der Waals surface area (Å²) in [6, 6.07) is 0.0554. The lowest BCUT2D eigenvalue weighted by Gasteiger charge is -2.29. The predicted molar refractivity (Wildman–Crippen MR) is 85.2 cm³/mol. The van der Waals surface area contributed by atoms with Gasteiger partial charge in [-0.3, -0.25) is 4.79 Å². The Bertz CT molecular complexity index is 242. The number of nitrogens with zero attached hydrogens (tertiary/aromatic N) is 1. The fourth-order valence-corrected chi connectivity index (χ4v) is 2.49. The standard InChI is InChI=1S/C13H27N3O.2ClH/c1-15-9-10-16(2)13(17)11-7-5-3-4-6-8-12(11)14;;/h11-12,15H,3-10,14H2,1-2H3;2*1H. The van der Waals surface area contributed by atoms with Crippen LogP contribution in [0.15, 0.2) is 0 Å². The first-order valence-corrected chi connectivity index (χ1v) is 6.82. The zero-order valence-electron chi connectivity index (χ0n) is 12.1. The summed E-state index contributed by atoms with van der Waals surface area (Å²) in [5.74, 6) is 0.270. The second-order valence-corrected chi connectivity index (χ2v) is 5.13. The summed E-state index contributed by atoms with van der Waals surface area (Å²) in [6.45, 7) is 1.60. The Hall–Kier alpha value is -0.0300. The van der Waals surface area contributed by atoms with E-state index >= 15 is 0 Å². The van der Waals surface area contributed by atoms with Crippen LogP contribution < -0.4 is 11.1 Å². The van der Waals surface area contributed by atoms with Gasteiger partial charge in [0.15, 0.2) is 0 Å². The molecular formula is C13H29Cl2N3O. The molecule has 2 atom stereocenters. The molecule has 3 N–H and O–H groups in total. The third kappa shape index (κ3) is 7.35. The molecule has 116 valence electrons. The van der Waals surface area contributed by atoms with Crippen molar-refractivity contribution >= 4 is 30.7 Å². The Morgan fingerprint density at radius 2 is 1.79 bits per heavy atom. The molecule has 1 fully saturated rings. The SMILES string of the molecule is CNCCN(C)C(=O)C1CCCCCCC1N.Cl.Cl. The number of hydrogen-bond acceptors (Lipinski definition) is 3. The molecule has 0 saturated heterocycles. The van der Waals surface area contributed by atoms with E-state index < -0.39 is 0 Å². The Labute approximate surface area is 129 Å². The molecule has 0 aromatic rings. The summed E-state index contributed by atoms with van der Waals surface area (Å²) < 4.78 is 0. The van der Waals surface area contributed by atoms with E-state index in [9.17, 15) is 4.79 Å². The van der Waals surface area contributed by atoms with E-state index in [4.69, 9.17) is 5.73 Å². The lowest BCUT2D eigenvalue weighted by Crippen LogP contribution is -2.44. The summed E-state index contributed by atoms with van der Waals surface area (Å²) in [4.78, 5) is 14.1. The molecule has 0 heterocycles. The van der Waals surface area contributed by atoms with E-state index in [1.807, 2.05) is 19.0 Å². The van der Waals surface area contributed by atoms with Crippen LogP contribution in [0.4, 0.5) is 0 Å². The molecule has 1 amide bonds. The second kappa shape index (κ2) is 11.8. The zero-order chi connectivity index (χ0) is 12.7. The molecule has 1 aliphatic rings. The Morgan fingerprint density at radius 3 is 2.37 bits per heavy atom. The number of nitrogens with two attached hydrogens (primary N) is 1. The first-order valence-electron chi connectivity index (χ1n) is 6.82. The zero-order valence-corrected chi connectivity index (χ0v) is 13.7. The van der Waals surface area contributed by atoms with Crippen molar-refractivity contribution in [2.45, 2.75) is 44.6 Å². The van der Waals surface area contributed by atoms with Crippen LogP contribution in [0.1, 0.15) is 38.5 Å². The first kappa shape index (κ1) is 21.3. The molecule has 0 aromatic heterocycles. The van der Waals surface area contributed by atoms with Crippen LogP contribution in [0.3, 0.4) is 0 Å². The van der Waals surface area contributed by atoms with Gasteiger partial charge in [-0.25, -0.2) is 0 Å². The second-order valence-electron chi connectivity index (χ2n) is 5.13. The average molecular weight is 314 g/mol. The third-order valence-corrected chi connectivity index (χ3v) is 3.71. The molecule has 1 rings (SSSR count). The molecule has 0 aliphatic heterocycles. The summed E-state index contributed by atoms with van der Waals surface area (Å²) >= 11 is 0. The molecule has 2 unspecified atom stereocenters. The number of carbonyl (C=O) groups excluding carboxylic acids is 1. The van der Waals surface area contributed by atoms with Gasteiger partial charge in [0.05, 0.1) is 5.92 Å². The molecule has 1 saturated carbocycles. The fourth-order valence-electron chi connectivity index (χ4n) is 2.49. The number of amides is 1. The topological polar surface area (TPSA) is 58.4 Å². The Balaban J connectivity index is 0. The Kier molecular flexibility index (Phi) is 13.2. The van der Waals surface area contributed by atoms with Crippen molar-refractivity contribution in [3.05, 3.63) is 0 Å². The highest BCUT2D eigenvalue weighted by molar-refractivity contribution is 5.85. The minimum Gasteiger partial charge on any atom is -0.344 e. The molecule has 0 spiro atoms. The van der Waals surface area contributed by atoms with E-state index in [-0.39, 0.29) is 42.7 Å². The molecular weight excluding hydrogens is 285 g/mol. The van der Waals surface area contributed by atoms with E-state index in [0.29, 0.717) is 0 Å². The van der Waals surface area contributed by atoms with Crippen molar-refractivity contribution < 1.29 is 4.79 Å². The third-order valence-electron chi connectivity index (χ3n) is 3.71. The van der Waals surface area contributed by atoms with Crippen molar-refractivity contribution in [2.24, 2.45) is 11.7 Å². The molecule has 1 aliphatic carbocycles. The molecule has 0 radical (unpaired) electrons. The van der Waals surface area contributed by atoms with Crippen LogP contribution in [0.5, 0.6) is 0 Å². The highest BCUT2D eigenvalue weighted by Gasteiger charge is 2.28. The summed E-state index contributed by atoms with van der Waals surface area (Å²) in [5.41, 5.74) is 6.15. The van der Waals surface area contributed by atoms with Crippen molar-refractivity contribution in [1.29, 1.82) is 0 Å². The minimum atomic E-state index is 0. The molecule has 19 heavy (non-hydrogen) atoms. The minimum absolute atomic E-state index is 0. The highest BCUT2D eigenvalue weighted by Crippen LogP contribution is 2.23. The van der Waals surface area contributed by atoms with Gasteiger partial charge in [-0.05, 0) is 19.9 Å². The Morgan fingerprint density at radius 1 is 1.21 bits per heavy atom. The monoisotopic (exact) mass is 313 g/mol. The number of likely N-dealkylation sites (N-methyl/N-ethyl adjacent to an activating group) is 2. The molecule has 0 aromatic carbocycles. The van der Waals surface area contributed by atoms with E-state index in [0.717, 1.165) is 32.4 Å². The summed E-state index contributed by atoms with van der Waals surface area (Å²) in [6.07, 6.45) is 6.79. The quantitative estimate of drug-likeness (QED) is 0.832. The van der Waals surface area contributed by atoms with Gasteiger partial charge in [-0.1, -0.05) is 25.7 Å². The van der Waals surface area contributed by atoms with Gasteiger partial charge in [0.25, 0.3) is 0 Å². The number of nitrogens with one attached hydrogen (secondary N) is 1. The van der Waals surface area contributed by atoms with Gasteiger partial charge in [0.2, 0.25) is 5.91 Å². The highest BCUT2D eigenvalue weighted by atomic mass is 35.5. The lowest BCUT2D eigenvalue weighted by molar-refractivity contribution is -0.135. The maximum absolute atomic E-state index is 12.3. The van der Waals surface area contributed by atoms with Crippen LogP contribution in [0, 0.1) is 5.92 Å². The van der Waals surface area contributed by atoms with Crippen molar-refractivity contribution in [2.75, 3.05) is 27.2 Å². The number of rotatable bonds is 4. The van der Waals surface area contributed by atoms with Gasteiger partial charge < -0.3 is 16.0 Å². The van der Waals surface area contributed by atoms with Crippen molar-refractivity contribution in [1.82, 2.24) is 10.2 Å². The largest absolute Gasteiger partial charge is 0.344 e. The van der Waals surface area contributed by atoms with E-state index in [1.54, 1.807) is 0 Å². The van der Waals surface area contributed by atoms with Crippen molar-refractivity contribution in [3.63, 3.8) is 0 Å². The smallest absolute Gasteiger partial charge is 0.227 e. The van der Waals surface area contributed by atoms with Gasteiger partial charge in [-0.15, -0.1) is 24.8 Å². The van der Waals surface area contributed by atoms with Gasteiger partial charge in [0, 0.05) is 26.2 Å². The van der Waals surface area contributed by atoms with Crippen LogP contribution >= 0.6 is 24.8 Å². The van der Waals surface area contributed by atoms with E-state index in [2.05, 4.69) is 5.32 Å². The van der Waals surface area contributed by atoms with Gasteiger partial charge in [0.1, 0.15) is 0 Å². The van der Waals surface area contributed by atoms with Crippen LogP contribution in [-0.4, -0.2) is 44.0 Å². The van der Waals surface area contributed by atoms with Crippen molar-refractivity contribution in [3.8, 4) is 0 Å². The summed E-state index contributed by atoms with van der Waals surface area (Å²) in [7, 11) is 3.78. The summed E-state index contributed by atoms with van der Waals surface area (Å²) in [5, 5.41) is 3.06. The average Bonchev–Trinajstić information content (AvgIpc) is 2.30. The number of carbonyl (C=O) groups is 1. The molecule has 0 bridgehead atoms. The lowest BCUT2D eigenvalue weighted by atomic mass is 9.86. The van der Waals surface area contributed by atoms with Crippen LogP contribution in [-0.2, 0) is 4.79 Å². The van der Waals surface area contributed by atoms with Crippen LogP contribution in [0.25, 0.3) is 0 Å². The van der Waals surface area contributed by atoms with E-state index in [1.165, 1.54) is 19.3 Å². The number of halogens is 2. The normalized spacial score (nSPS) is 23.3. The molecule has 6 heteroatoms. The molecule has 4 nitrogen and oxygen atoms in total. The predicted octanol–water partition coefficient (Wildman–Crippen LogP) is 1.81.